The van der Waals surface area contributed by atoms with Crippen LogP contribution >= 0.6 is 31.9 Å². The van der Waals surface area contributed by atoms with E-state index in [0.717, 1.165) is 70.1 Å². The summed E-state index contributed by atoms with van der Waals surface area (Å²) in [6.07, 6.45) is 0. The topological polar surface area (TPSA) is 37.3 Å². The number of benzene rings is 6. The van der Waals surface area contributed by atoms with Gasteiger partial charge in [-0.1, -0.05) is 130 Å². The Labute approximate surface area is 334 Å². The second kappa shape index (κ2) is 16.9. The Bertz CT molecular complexity index is 2090. The van der Waals surface area contributed by atoms with Gasteiger partial charge in [-0.15, -0.1) is 0 Å². The maximum absolute atomic E-state index is 12.0. The molecule has 0 saturated heterocycles. The van der Waals surface area contributed by atoms with Gasteiger partial charge in [0.15, 0.2) is 5.78 Å². The van der Waals surface area contributed by atoms with Crippen molar-refractivity contribution in [3.63, 3.8) is 0 Å². The molecule has 8 rings (SSSR count). The summed E-state index contributed by atoms with van der Waals surface area (Å²) in [6, 6.07) is 43.4. The summed E-state index contributed by atoms with van der Waals surface area (Å²) in [7, 11) is 0. The summed E-state index contributed by atoms with van der Waals surface area (Å²) >= 11 is 6.94. The molecule has 1 atom stereocenters. The van der Waals surface area contributed by atoms with Gasteiger partial charge in [0.1, 0.15) is 5.60 Å². The van der Waals surface area contributed by atoms with Gasteiger partial charge in [-0.05, 0) is 71.5 Å². The molecule has 1 N–H and O–H groups in total. The summed E-state index contributed by atoms with van der Waals surface area (Å²) in [5, 5.41) is 11.9. The molecule has 0 aliphatic heterocycles. The largest absolute Gasteiger partial charge is 2.00 e. The van der Waals surface area contributed by atoms with E-state index in [0.29, 0.717) is 0 Å². The molecular weight excluding hydrogens is 812 g/mol. The molecule has 2 nitrogen and oxygen atoms in total. The van der Waals surface area contributed by atoms with Gasteiger partial charge in [0.05, 0.1) is 0 Å². The fourth-order valence-corrected chi connectivity index (χ4v) is 6.95. The number of hydrogen-bond donors (Lipinski definition) is 1. The first kappa shape index (κ1) is 40.6. The summed E-state index contributed by atoms with van der Waals surface area (Å²) in [4.78, 5) is 12.0. The van der Waals surface area contributed by atoms with Gasteiger partial charge in [0.2, 0.25) is 0 Å². The number of fused-ring (bicyclic) bond motifs is 6. The standard InChI is InChI=1S/C21H17BrO.C13H7BrO.C8H9.CH3.BrH.Mg/c1-13-7-8-14(2)19(11-13)21(23)18-6-4-3-5-16(18)17-10-9-15(22)12-20(17)21;14-8-5-6-10-9-3-1-2-4-11(9)13(15)12(10)7-8;1-7-3-5-8(2)6-4-7;;;/h3-12,23H,1-2H3;1-7H;3-5H,1-2H3;1H3;1H;/q;;2*-1;;+2/p-1. The molecule has 0 amide bonds. The monoisotopic (exact) mass is 845 g/mol. The van der Waals surface area contributed by atoms with E-state index in [1.807, 2.05) is 85.8 Å². The van der Waals surface area contributed by atoms with E-state index >= 15 is 0 Å². The van der Waals surface area contributed by atoms with Gasteiger partial charge in [0.25, 0.3) is 0 Å². The van der Waals surface area contributed by atoms with Crippen LogP contribution in [0.1, 0.15) is 54.9 Å². The van der Waals surface area contributed by atoms with Crippen LogP contribution in [0.25, 0.3) is 22.3 Å². The van der Waals surface area contributed by atoms with E-state index in [2.05, 4.69) is 101 Å². The molecule has 0 heterocycles. The van der Waals surface area contributed by atoms with E-state index in [9.17, 15) is 9.90 Å². The number of ketones is 1. The molecular formula is C43H36Br3MgO2-. The molecule has 0 bridgehead atoms. The summed E-state index contributed by atoms with van der Waals surface area (Å²) in [5.41, 5.74) is 12.4. The van der Waals surface area contributed by atoms with Crippen LogP contribution in [0.3, 0.4) is 0 Å². The SMILES string of the molecule is Cc1[c-]cc(C)cc1.Cc1ccc(C)c(C2(O)c3ccccc3-c3ccc(Br)cc32)c1.O=C1c2ccccc2-c2ccc(Br)cc21.[Br-].[CH3-].[Mg+2]. The van der Waals surface area contributed by atoms with Crippen molar-refractivity contribution in [1.82, 2.24) is 0 Å². The van der Waals surface area contributed by atoms with Gasteiger partial charge in [-0.2, -0.15) is 35.4 Å². The first-order valence-electron chi connectivity index (χ1n) is 15.2. The number of aliphatic hydroxyl groups is 1. The molecule has 2 aliphatic carbocycles. The van der Waals surface area contributed by atoms with E-state index in [1.54, 1.807) is 0 Å². The Hall–Kier alpha value is -2.84. The average Bonchev–Trinajstić information content (AvgIpc) is 3.48. The van der Waals surface area contributed by atoms with Crippen LogP contribution in [0, 0.1) is 41.2 Å². The Balaban J connectivity index is 0.000000216. The molecule has 2 aliphatic rings. The smallest absolute Gasteiger partial charge is 1.00 e. The maximum Gasteiger partial charge on any atom is 2.00 e. The maximum atomic E-state index is 12.0. The van der Waals surface area contributed by atoms with Crippen LogP contribution in [-0.2, 0) is 5.60 Å². The van der Waals surface area contributed by atoms with Crippen LogP contribution in [0.4, 0.5) is 0 Å². The molecule has 49 heavy (non-hydrogen) atoms. The third-order valence-corrected chi connectivity index (χ3v) is 9.56. The molecule has 6 aromatic rings. The van der Waals surface area contributed by atoms with Gasteiger partial charge in [0, 0.05) is 31.2 Å². The number of carbonyl (C=O) groups is 1. The average molecular weight is 849 g/mol. The minimum absolute atomic E-state index is 0. The van der Waals surface area contributed by atoms with Crippen LogP contribution < -0.4 is 17.0 Å². The molecule has 1 unspecified atom stereocenters. The normalized spacial score (nSPS) is 14.1. The Kier molecular flexibility index (Phi) is 14.0. The van der Waals surface area contributed by atoms with Crippen LogP contribution in [0.15, 0.2) is 130 Å². The predicted octanol–water partition coefficient (Wildman–Crippen LogP) is 8.17. The molecule has 0 spiro atoms. The molecule has 6 heteroatoms. The van der Waals surface area contributed by atoms with Gasteiger partial charge >= 0.3 is 23.1 Å². The predicted molar refractivity (Wildman–Crippen MR) is 208 cm³/mol. The first-order valence-corrected chi connectivity index (χ1v) is 16.7. The quantitative estimate of drug-likeness (QED) is 0.134. The van der Waals surface area contributed by atoms with E-state index in [1.165, 1.54) is 11.1 Å². The second-order valence-corrected chi connectivity index (χ2v) is 13.7. The van der Waals surface area contributed by atoms with E-state index in [-0.39, 0.29) is 53.2 Å². The van der Waals surface area contributed by atoms with E-state index < -0.39 is 5.60 Å². The minimum atomic E-state index is -1.11. The molecule has 0 saturated carbocycles. The van der Waals surface area contributed by atoms with Crippen LogP contribution in [0.2, 0.25) is 0 Å². The number of carbonyl (C=O) groups excluding carboxylic acids is 1. The third kappa shape index (κ3) is 8.06. The summed E-state index contributed by atoms with van der Waals surface area (Å²) in [5.74, 6) is 0.127. The fraction of sp³-hybridized carbons (Fsp3) is 0.116. The zero-order valence-corrected chi connectivity index (χ0v) is 34.4. The Morgan fingerprint density at radius 3 is 1.78 bits per heavy atom. The summed E-state index contributed by atoms with van der Waals surface area (Å²) in [6.45, 7) is 8.23. The molecule has 0 fully saturated rings. The first-order chi connectivity index (χ1) is 22.1. The molecule has 244 valence electrons. The third-order valence-electron chi connectivity index (χ3n) is 8.57. The zero-order chi connectivity index (χ0) is 32.6. The molecule has 6 aromatic carbocycles. The van der Waals surface area contributed by atoms with Crippen molar-refractivity contribution in [2.75, 3.05) is 0 Å². The van der Waals surface area contributed by atoms with Gasteiger partial charge < -0.3 is 29.5 Å². The van der Waals surface area contributed by atoms with Crippen LogP contribution in [-0.4, -0.2) is 33.9 Å². The van der Waals surface area contributed by atoms with Crippen molar-refractivity contribution in [2.24, 2.45) is 0 Å². The Morgan fingerprint density at radius 1 is 0.571 bits per heavy atom. The summed E-state index contributed by atoms with van der Waals surface area (Å²) < 4.78 is 1.93. The molecule has 0 aromatic heterocycles. The van der Waals surface area contributed by atoms with E-state index in [4.69, 9.17) is 0 Å². The number of rotatable bonds is 1. The van der Waals surface area contributed by atoms with Gasteiger partial charge in [-0.3, -0.25) is 4.79 Å². The van der Waals surface area contributed by atoms with Crippen molar-refractivity contribution < 1.29 is 26.9 Å². The van der Waals surface area contributed by atoms with Crippen molar-refractivity contribution in [3.05, 3.63) is 194 Å². The van der Waals surface area contributed by atoms with Crippen molar-refractivity contribution in [3.8, 4) is 22.3 Å². The minimum Gasteiger partial charge on any atom is -1.00 e. The van der Waals surface area contributed by atoms with Crippen molar-refractivity contribution in [1.29, 1.82) is 0 Å². The Morgan fingerprint density at radius 2 is 1.12 bits per heavy atom. The number of halogens is 3. The zero-order valence-electron chi connectivity index (χ0n) is 28.2. The number of aryl methyl sites for hydroxylation is 4. The van der Waals surface area contributed by atoms with Crippen LogP contribution in [0.5, 0.6) is 0 Å². The second-order valence-electron chi connectivity index (χ2n) is 11.9. The number of hydrogen-bond acceptors (Lipinski definition) is 2. The van der Waals surface area contributed by atoms with Crippen molar-refractivity contribution >= 4 is 60.7 Å². The van der Waals surface area contributed by atoms with Gasteiger partial charge in [-0.25, -0.2) is 0 Å². The van der Waals surface area contributed by atoms with Crippen molar-refractivity contribution in [2.45, 2.75) is 33.3 Å². The fourth-order valence-electron chi connectivity index (χ4n) is 6.23. The molecule has 0 radical (unpaired) electrons.